The van der Waals surface area contributed by atoms with Crippen molar-refractivity contribution in [3.8, 4) is 11.8 Å². The molecule has 0 spiro atoms. The molecule has 0 bridgehead atoms. The molecular weight excluding hydrogens is 394 g/mol. The van der Waals surface area contributed by atoms with Crippen LogP contribution in [-0.2, 0) is 17.9 Å². The van der Waals surface area contributed by atoms with Gasteiger partial charge in [-0.2, -0.15) is 5.26 Å². The van der Waals surface area contributed by atoms with Crippen molar-refractivity contribution in [1.29, 1.82) is 5.26 Å². The van der Waals surface area contributed by atoms with E-state index in [-0.39, 0.29) is 24.2 Å². The summed E-state index contributed by atoms with van der Waals surface area (Å²) >= 11 is 0. The third-order valence-corrected chi connectivity index (χ3v) is 4.40. The van der Waals surface area contributed by atoms with Crippen LogP contribution in [0.1, 0.15) is 47.2 Å². The molecule has 0 atom stereocenters. The number of furan rings is 1. The zero-order chi connectivity index (χ0) is 22.1. The van der Waals surface area contributed by atoms with Crippen LogP contribution in [0.5, 0.6) is 5.75 Å². The summed E-state index contributed by atoms with van der Waals surface area (Å²) in [5, 5.41) is 14.7. The lowest BCUT2D eigenvalue weighted by Gasteiger charge is -2.08. The fourth-order valence-corrected chi connectivity index (χ4v) is 2.89. The second-order valence-electron chi connectivity index (χ2n) is 6.84. The number of carbonyl (C=O) groups excluding carboxylic acids is 2. The molecule has 2 aromatic carbocycles. The number of para-hydroxylation sites is 1. The highest BCUT2D eigenvalue weighted by atomic mass is 16.5. The van der Waals surface area contributed by atoms with Gasteiger partial charge in [-0.15, -0.1) is 0 Å². The minimum Gasteiger partial charge on any atom is -0.484 e. The molecule has 0 unspecified atom stereocenters. The Kier molecular flexibility index (Phi) is 7.44. The predicted molar refractivity (Wildman–Crippen MR) is 115 cm³/mol. The molecule has 2 amide bonds. The number of hydrogen-bond acceptors (Lipinski definition) is 5. The van der Waals surface area contributed by atoms with Gasteiger partial charge >= 0.3 is 0 Å². The summed E-state index contributed by atoms with van der Waals surface area (Å²) in [7, 11) is 0. The summed E-state index contributed by atoms with van der Waals surface area (Å²) in [5.41, 5.74) is 1.98. The van der Waals surface area contributed by atoms with E-state index in [4.69, 9.17) is 14.4 Å². The predicted octanol–water partition coefficient (Wildman–Crippen LogP) is 4.40. The van der Waals surface area contributed by atoms with E-state index in [1.165, 1.54) is 0 Å². The minimum atomic E-state index is -0.357. The van der Waals surface area contributed by atoms with E-state index in [2.05, 4.69) is 16.7 Å². The third-order valence-electron chi connectivity index (χ3n) is 4.40. The first-order valence-corrected chi connectivity index (χ1v) is 9.96. The van der Waals surface area contributed by atoms with E-state index in [1.54, 1.807) is 36.4 Å². The molecule has 1 aromatic heterocycles. The fourth-order valence-electron chi connectivity index (χ4n) is 2.89. The number of rotatable bonds is 9. The molecule has 158 valence electrons. The Labute approximate surface area is 180 Å². The normalized spacial score (nSPS) is 10.2. The van der Waals surface area contributed by atoms with Gasteiger partial charge in [0.2, 0.25) is 5.91 Å². The minimum absolute atomic E-state index is 0.0357. The highest BCUT2D eigenvalue weighted by molar-refractivity contribution is 5.92. The van der Waals surface area contributed by atoms with Crippen molar-refractivity contribution in [2.24, 2.45) is 0 Å². The second kappa shape index (κ2) is 10.6. The average Bonchev–Trinajstić information content (AvgIpc) is 3.26. The van der Waals surface area contributed by atoms with E-state index in [0.29, 0.717) is 35.7 Å². The SMILES string of the molecule is CCCC(=O)Nc1cccc(CNC(=O)c2ccc(COc3ccccc3C#N)o2)c1. The van der Waals surface area contributed by atoms with Crippen LogP contribution < -0.4 is 15.4 Å². The number of nitriles is 1. The third kappa shape index (κ3) is 6.21. The summed E-state index contributed by atoms with van der Waals surface area (Å²) in [5.74, 6) is 0.701. The van der Waals surface area contributed by atoms with Gasteiger partial charge in [-0.05, 0) is 48.4 Å². The van der Waals surface area contributed by atoms with Crippen molar-refractivity contribution < 1.29 is 18.7 Å². The van der Waals surface area contributed by atoms with Crippen LogP contribution >= 0.6 is 0 Å². The summed E-state index contributed by atoms with van der Waals surface area (Å²) < 4.78 is 11.2. The van der Waals surface area contributed by atoms with Crippen LogP contribution in [0.4, 0.5) is 5.69 Å². The number of amides is 2. The lowest BCUT2D eigenvalue weighted by Crippen LogP contribution is -2.22. The van der Waals surface area contributed by atoms with Crippen molar-refractivity contribution in [3.05, 3.63) is 83.3 Å². The van der Waals surface area contributed by atoms with Gasteiger partial charge in [0.25, 0.3) is 5.91 Å². The maximum Gasteiger partial charge on any atom is 0.287 e. The Hall–Kier alpha value is -4.05. The number of hydrogen-bond donors (Lipinski definition) is 2. The number of ether oxygens (including phenoxy) is 1. The van der Waals surface area contributed by atoms with Gasteiger partial charge in [-0.3, -0.25) is 9.59 Å². The molecule has 31 heavy (non-hydrogen) atoms. The van der Waals surface area contributed by atoms with Crippen LogP contribution in [0.2, 0.25) is 0 Å². The highest BCUT2D eigenvalue weighted by Gasteiger charge is 2.12. The largest absolute Gasteiger partial charge is 0.484 e. The second-order valence-corrected chi connectivity index (χ2v) is 6.84. The Morgan fingerprint density at radius 3 is 2.74 bits per heavy atom. The number of benzene rings is 2. The fraction of sp³-hybridized carbons (Fsp3) is 0.208. The van der Waals surface area contributed by atoms with Crippen LogP contribution in [0.3, 0.4) is 0 Å². The average molecular weight is 417 g/mol. The van der Waals surface area contributed by atoms with Crippen molar-refractivity contribution in [1.82, 2.24) is 5.32 Å². The van der Waals surface area contributed by atoms with Gasteiger partial charge in [0.15, 0.2) is 5.76 Å². The zero-order valence-corrected chi connectivity index (χ0v) is 17.2. The van der Waals surface area contributed by atoms with Gasteiger partial charge in [0, 0.05) is 18.7 Å². The van der Waals surface area contributed by atoms with Gasteiger partial charge in [0.1, 0.15) is 24.2 Å². The maximum absolute atomic E-state index is 12.4. The molecule has 1 heterocycles. The van der Waals surface area contributed by atoms with Crippen molar-refractivity contribution in [2.75, 3.05) is 5.32 Å². The molecule has 3 aromatic rings. The van der Waals surface area contributed by atoms with Crippen molar-refractivity contribution in [3.63, 3.8) is 0 Å². The lowest BCUT2D eigenvalue weighted by atomic mass is 10.2. The zero-order valence-electron chi connectivity index (χ0n) is 17.2. The molecule has 0 aliphatic heterocycles. The summed E-state index contributed by atoms with van der Waals surface area (Å²) in [4.78, 5) is 24.1. The Balaban J connectivity index is 1.53. The number of nitrogens with zero attached hydrogens (tertiary/aromatic N) is 1. The lowest BCUT2D eigenvalue weighted by molar-refractivity contribution is -0.116. The molecule has 2 N–H and O–H groups in total. The van der Waals surface area contributed by atoms with Crippen LogP contribution in [0.25, 0.3) is 0 Å². The molecule has 7 heteroatoms. The molecule has 0 radical (unpaired) electrons. The molecule has 3 rings (SSSR count). The standard InChI is InChI=1S/C24H23N3O4/c1-2-6-23(28)27-19-9-5-7-17(13-19)15-26-24(29)22-12-11-20(31-22)16-30-21-10-4-3-8-18(21)14-25/h3-5,7-13H,2,6,15-16H2,1H3,(H,26,29)(H,27,28). The quantitative estimate of drug-likeness (QED) is 0.537. The molecule has 0 fully saturated rings. The Morgan fingerprint density at radius 1 is 1.10 bits per heavy atom. The molecule has 0 saturated heterocycles. The maximum atomic E-state index is 12.4. The monoisotopic (exact) mass is 417 g/mol. The van der Waals surface area contributed by atoms with Gasteiger partial charge in [0.05, 0.1) is 5.56 Å². The molecule has 0 aliphatic rings. The van der Waals surface area contributed by atoms with E-state index < -0.39 is 0 Å². The van der Waals surface area contributed by atoms with E-state index in [1.807, 2.05) is 31.2 Å². The van der Waals surface area contributed by atoms with Crippen molar-refractivity contribution >= 4 is 17.5 Å². The van der Waals surface area contributed by atoms with E-state index in [0.717, 1.165) is 12.0 Å². The van der Waals surface area contributed by atoms with Gasteiger partial charge in [-0.1, -0.05) is 31.2 Å². The summed E-state index contributed by atoms with van der Waals surface area (Å²) in [6.45, 7) is 2.34. The number of carbonyl (C=O) groups is 2. The molecule has 0 saturated carbocycles. The first-order valence-electron chi connectivity index (χ1n) is 9.96. The first kappa shape index (κ1) is 21.7. The summed E-state index contributed by atoms with van der Waals surface area (Å²) in [6.07, 6.45) is 1.25. The van der Waals surface area contributed by atoms with Crippen LogP contribution in [0.15, 0.2) is 65.1 Å². The smallest absolute Gasteiger partial charge is 0.287 e. The Morgan fingerprint density at radius 2 is 1.94 bits per heavy atom. The molecular formula is C24H23N3O4. The van der Waals surface area contributed by atoms with Gasteiger partial charge in [-0.25, -0.2) is 0 Å². The Bertz CT molecular complexity index is 1100. The highest BCUT2D eigenvalue weighted by Crippen LogP contribution is 2.19. The number of anilines is 1. The number of nitrogens with one attached hydrogen (secondary N) is 2. The summed E-state index contributed by atoms with van der Waals surface area (Å²) in [6, 6.07) is 19.5. The first-order chi connectivity index (χ1) is 15.1. The topological polar surface area (TPSA) is 104 Å². The van der Waals surface area contributed by atoms with Crippen LogP contribution in [0, 0.1) is 11.3 Å². The molecule has 7 nitrogen and oxygen atoms in total. The van der Waals surface area contributed by atoms with Crippen LogP contribution in [-0.4, -0.2) is 11.8 Å². The van der Waals surface area contributed by atoms with Gasteiger partial charge < -0.3 is 19.8 Å². The van der Waals surface area contributed by atoms with Crippen molar-refractivity contribution in [2.45, 2.75) is 32.9 Å². The molecule has 0 aliphatic carbocycles. The van der Waals surface area contributed by atoms with E-state index in [9.17, 15) is 9.59 Å². The van der Waals surface area contributed by atoms with E-state index >= 15 is 0 Å².